The molecule has 0 fully saturated rings. The second kappa shape index (κ2) is 8.76. The van der Waals surface area contributed by atoms with Crippen LogP contribution in [0, 0.1) is 10.1 Å². The van der Waals surface area contributed by atoms with E-state index in [1.54, 1.807) is 24.3 Å². The Kier molecular flexibility index (Phi) is 5.87. The molecule has 0 spiro atoms. The maximum Gasteiger partial charge on any atom is 0.343 e. The Balaban J connectivity index is 1.73. The topological polar surface area (TPSA) is 100 Å². The van der Waals surface area contributed by atoms with Gasteiger partial charge in [-0.3, -0.25) is 10.1 Å². The first-order valence-corrected chi connectivity index (χ1v) is 10.4. The van der Waals surface area contributed by atoms with Crippen LogP contribution in [0.3, 0.4) is 0 Å². The number of hydrogen-bond acceptors (Lipinski definition) is 6. The Morgan fingerprint density at radius 3 is 2.50 bits per heavy atom. The smallest absolute Gasteiger partial charge is 0.343 e. The largest absolute Gasteiger partial charge is 0.421 e. The predicted octanol–water partition coefficient (Wildman–Crippen LogP) is 5.71. The van der Waals surface area contributed by atoms with Crippen molar-refractivity contribution in [2.45, 2.75) is 26.2 Å². The normalized spacial score (nSPS) is 12.0. The summed E-state index contributed by atoms with van der Waals surface area (Å²) in [6.07, 6.45) is 0.936. The number of carbonyl (C=O) groups excluding carboxylic acids is 1. The standard InChI is InChI=1S/C23H19ClN4O4/c1-3-14(2)16-6-11-22(32-23(29)15-4-8-18(9-5-15)28(30)31)21(12-16)27-25-19-10-7-17(24)13-20(19)26-27/h4-14H,3H2,1-2H3. The molecule has 0 N–H and O–H groups in total. The molecule has 0 aliphatic rings. The molecule has 0 amide bonds. The molecule has 4 rings (SSSR count). The van der Waals surface area contributed by atoms with Gasteiger partial charge in [0.05, 0.1) is 10.5 Å². The second-order valence-electron chi connectivity index (χ2n) is 7.35. The molecule has 0 radical (unpaired) electrons. The molecule has 9 heteroatoms. The van der Waals surface area contributed by atoms with Crippen LogP contribution in [-0.2, 0) is 0 Å². The van der Waals surface area contributed by atoms with E-state index in [9.17, 15) is 14.9 Å². The fraction of sp³-hybridized carbons (Fsp3) is 0.174. The van der Waals surface area contributed by atoms with Crippen LogP contribution in [0.5, 0.6) is 5.75 Å². The van der Waals surface area contributed by atoms with Crippen molar-refractivity contribution >= 4 is 34.3 Å². The van der Waals surface area contributed by atoms with Crippen LogP contribution >= 0.6 is 11.6 Å². The molecular formula is C23H19ClN4O4. The van der Waals surface area contributed by atoms with Crippen molar-refractivity contribution in [3.63, 3.8) is 0 Å². The number of nitro benzene ring substituents is 1. The van der Waals surface area contributed by atoms with E-state index in [0.29, 0.717) is 21.7 Å². The molecule has 32 heavy (non-hydrogen) atoms. The summed E-state index contributed by atoms with van der Waals surface area (Å²) in [5, 5.41) is 20.4. The third-order valence-electron chi connectivity index (χ3n) is 5.24. The van der Waals surface area contributed by atoms with Crippen molar-refractivity contribution < 1.29 is 14.5 Å². The molecule has 0 aliphatic heterocycles. The number of nitro groups is 1. The maximum absolute atomic E-state index is 12.7. The highest BCUT2D eigenvalue weighted by atomic mass is 35.5. The third-order valence-corrected chi connectivity index (χ3v) is 5.47. The number of non-ortho nitro benzene ring substituents is 1. The fourth-order valence-corrected chi connectivity index (χ4v) is 3.36. The average molecular weight is 451 g/mol. The van der Waals surface area contributed by atoms with Crippen LogP contribution in [0.15, 0.2) is 60.7 Å². The van der Waals surface area contributed by atoms with Gasteiger partial charge in [-0.05, 0) is 60.4 Å². The van der Waals surface area contributed by atoms with Gasteiger partial charge < -0.3 is 4.74 Å². The van der Waals surface area contributed by atoms with Crippen molar-refractivity contribution in [2.24, 2.45) is 0 Å². The van der Waals surface area contributed by atoms with E-state index < -0.39 is 10.9 Å². The van der Waals surface area contributed by atoms with Gasteiger partial charge in [0.1, 0.15) is 16.7 Å². The van der Waals surface area contributed by atoms with Crippen molar-refractivity contribution in [1.82, 2.24) is 15.0 Å². The number of aromatic nitrogens is 3. The molecule has 0 saturated heterocycles. The monoisotopic (exact) mass is 450 g/mol. The number of nitrogens with zero attached hydrogens (tertiary/aromatic N) is 4. The third kappa shape index (κ3) is 4.31. The number of benzene rings is 3. The molecule has 1 atom stereocenters. The minimum atomic E-state index is -0.641. The van der Waals surface area contributed by atoms with Gasteiger partial charge in [0.2, 0.25) is 0 Å². The average Bonchev–Trinajstić information content (AvgIpc) is 3.21. The molecule has 4 aromatic rings. The van der Waals surface area contributed by atoms with E-state index in [1.807, 2.05) is 12.1 Å². The van der Waals surface area contributed by atoms with Crippen molar-refractivity contribution in [3.05, 3.63) is 86.9 Å². The molecule has 0 bridgehead atoms. The van der Waals surface area contributed by atoms with Crippen molar-refractivity contribution in [2.75, 3.05) is 0 Å². The lowest BCUT2D eigenvalue weighted by molar-refractivity contribution is -0.384. The molecule has 1 aromatic heterocycles. The second-order valence-corrected chi connectivity index (χ2v) is 7.79. The summed E-state index contributed by atoms with van der Waals surface area (Å²) in [6, 6.07) is 15.9. The number of halogens is 1. The van der Waals surface area contributed by atoms with Crippen LogP contribution in [0.1, 0.15) is 42.1 Å². The van der Waals surface area contributed by atoms with Crippen molar-refractivity contribution in [3.8, 4) is 11.4 Å². The van der Waals surface area contributed by atoms with Crippen LogP contribution in [0.25, 0.3) is 16.7 Å². The van der Waals surface area contributed by atoms with Gasteiger partial charge in [-0.1, -0.05) is 31.5 Å². The highest BCUT2D eigenvalue weighted by Gasteiger charge is 2.18. The molecule has 0 saturated carbocycles. The Hall–Kier alpha value is -3.78. The Labute approximate surface area is 188 Å². The molecule has 1 heterocycles. The van der Waals surface area contributed by atoms with Gasteiger partial charge in [-0.25, -0.2) is 4.79 Å². The SMILES string of the molecule is CCC(C)c1ccc(OC(=O)c2ccc([N+](=O)[O-])cc2)c(-n2nc3ccc(Cl)cc3n2)c1. The highest BCUT2D eigenvalue weighted by molar-refractivity contribution is 6.31. The minimum Gasteiger partial charge on any atom is -0.421 e. The van der Waals surface area contributed by atoms with E-state index in [-0.39, 0.29) is 22.9 Å². The first-order chi connectivity index (χ1) is 15.4. The quantitative estimate of drug-likeness (QED) is 0.161. The zero-order valence-corrected chi connectivity index (χ0v) is 18.1. The summed E-state index contributed by atoms with van der Waals surface area (Å²) < 4.78 is 5.64. The van der Waals surface area contributed by atoms with Gasteiger partial charge in [0.25, 0.3) is 5.69 Å². The number of hydrogen-bond donors (Lipinski definition) is 0. The maximum atomic E-state index is 12.7. The number of ether oxygens (including phenoxy) is 1. The summed E-state index contributed by atoms with van der Waals surface area (Å²) in [7, 11) is 0. The molecule has 0 aliphatic carbocycles. The summed E-state index contributed by atoms with van der Waals surface area (Å²) in [5.41, 5.74) is 2.90. The summed E-state index contributed by atoms with van der Waals surface area (Å²) >= 11 is 6.07. The van der Waals surface area contributed by atoms with Gasteiger partial charge in [-0.2, -0.15) is 0 Å². The van der Waals surface area contributed by atoms with E-state index in [1.165, 1.54) is 29.1 Å². The number of carbonyl (C=O) groups is 1. The summed E-state index contributed by atoms with van der Waals surface area (Å²) in [5.74, 6) is -0.0865. The highest BCUT2D eigenvalue weighted by Crippen LogP contribution is 2.30. The Morgan fingerprint density at radius 2 is 1.81 bits per heavy atom. The lowest BCUT2D eigenvalue weighted by atomic mass is 9.98. The van der Waals surface area contributed by atoms with Crippen LogP contribution < -0.4 is 4.74 Å². The van der Waals surface area contributed by atoms with Gasteiger partial charge >= 0.3 is 5.97 Å². The fourth-order valence-electron chi connectivity index (χ4n) is 3.19. The summed E-state index contributed by atoms with van der Waals surface area (Å²) in [4.78, 5) is 24.5. The molecule has 162 valence electrons. The Bertz CT molecular complexity index is 1320. The van der Waals surface area contributed by atoms with E-state index in [4.69, 9.17) is 16.3 Å². The summed E-state index contributed by atoms with van der Waals surface area (Å²) in [6.45, 7) is 4.20. The first kappa shape index (κ1) is 21.5. The Morgan fingerprint density at radius 1 is 1.09 bits per heavy atom. The number of esters is 1. The number of fused-ring (bicyclic) bond motifs is 1. The zero-order chi connectivity index (χ0) is 22.8. The van der Waals surface area contributed by atoms with Crippen LogP contribution in [-0.4, -0.2) is 25.9 Å². The molecule has 1 unspecified atom stereocenters. The van der Waals surface area contributed by atoms with Crippen LogP contribution in [0.4, 0.5) is 5.69 Å². The molecular weight excluding hydrogens is 432 g/mol. The van der Waals surface area contributed by atoms with Crippen LogP contribution in [0.2, 0.25) is 5.02 Å². The first-order valence-electron chi connectivity index (χ1n) is 9.99. The predicted molar refractivity (Wildman–Crippen MR) is 121 cm³/mol. The van der Waals surface area contributed by atoms with Crippen molar-refractivity contribution in [1.29, 1.82) is 0 Å². The van der Waals surface area contributed by atoms with E-state index in [2.05, 4.69) is 24.0 Å². The number of rotatable bonds is 6. The molecule has 8 nitrogen and oxygen atoms in total. The minimum absolute atomic E-state index is 0.105. The lowest BCUT2D eigenvalue weighted by Crippen LogP contribution is -2.12. The van der Waals surface area contributed by atoms with Gasteiger partial charge in [-0.15, -0.1) is 15.0 Å². The molecule has 3 aromatic carbocycles. The van der Waals surface area contributed by atoms with E-state index >= 15 is 0 Å². The van der Waals surface area contributed by atoms with Gasteiger partial charge in [0.15, 0.2) is 5.75 Å². The van der Waals surface area contributed by atoms with E-state index in [0.717, 1.165) is 12.0 Å². The van der Waals surface area contributed by atoms with Gasteiger partial charge in [0, 0.05) is 17.2 Å². The zero-order valence-electron chi connectivity index (χ0n) is 17.4. The lowest BCUT2D eigenvalue weighted by Gasteiger charge is -2.14.